The van der Waals surface area contributed by atoms with Crippen LogP contribution in [0.5, 0.6) is 0 Å². The number of carbonyl (C=O) groups excluding carboxylic acids is 7. The third kappa shape index (κ3) is 14.4. The van der Waals surface area contributed by atoms with Crippen LogP contribution in [0.15, 0.2) is 48.5 Å². The number of hydrogen-bond acceptors (Lipinski definition) is 10. The minimum absolute atomic E-state index is 0.0728. The number of alkyl carbamates (subject to hydrolysis) is 1. The maximum absolute atomic E-state index is 14.2. The molecule has 3 aliphatic carbocycles. The lowest BCUT2D eigenvalue weighted by Gasteiger charge is -2.64. The van der Waals surface area contributed by atoms with Crippen LogP contribution in [0, 0.1) is 17.3 Å². The first kappa shape index (κ1) is 54.8. The van der Waals surface area contributed by atoms with Crippen LogP contribution in [0.4, 0.5) is 4.79 Å². The van der Waals surface area contributed by atoms with Gasteiger partial charge in [0, 0.05) is 25.1 Å². The Labute approximate surface area is 420 Å². The molecule has 7 amide bonds. The molecule has 2 aromatic carbocycles. The smallest absolute Gasteiger partial charge is 0.444 e. The quantitative estimate of drug-likeness (QED) is 0.0834. The van der Waals surface area contributed by atoms with Crippen molar-refractivity contribution in [2.75, 3.05) is 13.1 Å². The van der Waals surface area contributed by atoms with Gasteiger partial charge in [0.2, 0.25) is 29.5 Å². The fraction of sp³-hybridized carbons (Fsp3) is 0.642. The van der Waals surface area contributed by atoms with Crippen LogP contribution in [0.3, 0.4) is 0 Å². The van der Waals surface area contributed by atoms with Gasteiger partial charge in [-0.25, -0.2) is 4.79 Å². The zero-order chi connectivity index (χ0) is 51.7. The molecule has 5 fully saturated rings. The molecule has 2 heterocycles. The number of benzene rings is 2. The average molecular weight is 984 g/mol. The van der Waals surface area contributed by atoms with Crippen LogP contribution in [-0.2, 0) is 44.4 Å². The zero-order valence-corrected chi connectivity index (χ0v) is 43.3. The van der Waals surface area contributed by atoms with Crippen molar-refractivity contribution in [1.82, 2.24) is 37.2 Å². The summed E-state index contributed by atoms with van der Waals surface area (Å²) in [5.41, 5.74) is 2.52. The number of aryl methyl sites for hydroxylation is 1. The van der Waals surface area contributed by atoms with Crippen LogP contribution in [0.1, 0.15) is 149 Å². The molecule has 2 aromatic rings. The molecule has 9 atom stereocenters. The van der Waals surface area contributed by atoms with Crippen LogP contribution >= 0.6 is 0 Å². The van der Waals surface area contributed by atoms with E-state index >= 15 is 0 Å². The Hall–Kier alpha value is -5.49. The van der Waals surface area contributed by atoms with Gasteiger partial charge in [0.1, 0.15) is 29.8 Å². The predicted molar refractivity (Wildman–Crippen MR) is 270 cm³/mol. The van der Waals surface area contributed by atoms with Crippen molar-refractivity contribution in [2.45, 2.75) is 187 Å². The molecule has 18 heteroatoms. The highest BCUT2D eigenvalue weighted by Crippen LogP contribution is 2.65. The lowest BCUT2D eigenvalue weighted by Crippen LogP contribution is -2.65. The Morgan fingerprint density at radius 1 is 0.887 bits per heavy atom. The zero-order valence-electron chi connectivity index (χ0n) is 43.3. The minimum atomic E-state index is -1.28. The van der Waals surface area contributed by atoms with Gasteiger partial charge < -0.3 is 51.3 Å². The maximum Gasteiger partial charge on any atom is 0.481 e. The molecule has 2 bridgehead atoms. The summed E-state index contributed by atoms with van der Waals surface area (Å²) in [5.74, 6) is -2.99. The lowest BCUT2D eigenvalue weighted by molar-refractivity contribution is -0.199. The Balaban J connectivity index is 1.09. The second kappa shape index (κ2) is 23.8. The number of hydrogen-bond donors (Lipinski definition) is 7. The molecule has 0 radical (unpaired) electrons. The van der Waals surface area contributed by atoms with E-state index in [1.807, 2.05) is 19.1 Å². The Kier molecular flexibility index (Phi) is 18.4. The van der Waals surface area contributed by atoms with Gasteiger partial charge >= 0.3 is 13.2 Å². The SMILES string of the molecule is CCCCc1ccc(-c2ccc(C(=O)N[C@@H](CCCCNC(=O)OC(C)(C)C)C(=O)N[C@H]3CCC(=O)NCCC[C@@H](C(=O)N[C@@H](C)B4O[C@@H]5C[C@@H]6C[C@@H](C6(C)C)[C@]5(C)O4)NC(=O)[C@H](C)NC3=O)cc2)cc1. The highest BCUT2D eigenvalue weighted by atomic mass is 16.7. The summed E-state index contributed by atoms with van der Waals surface area (Å²) in [6.07, 6.45) is 5.88. The molecular formula is C53H78BN7O10. The first-order valence-electron chi connectivity index (χ1n) is 25.9. The van der Waals surface area contributed by atoms with Gasteiger partial charge in [0.25, 0.3) is 5.91 Å². The van der Waals surface area contributed by atoms with E-state index in [4.69, 9.17) is 14.0 Å². The van der Waals surface area contributed by atoms with Gasteiger partial charge in [-0.05, 0) is 152 Å². The number of ether oxygens (including phenoxy) is 1. The summed E-state index contributed by atoms with van der Waals surface area (Å²) in [7, 11) is -0.674. The number of unbranched alkanes of at least 4 members (excludes halogenated alkanes) is 2. The number of rotatable bonds is 16. The Morgan fingerprint density at radius 3 is 2.24 bits per heavy atom. The van der Waals surface area contributed by atoms with Crippen molar-refractivity contribution in [1.29, 1.82) is 0 Å². The van der Waals surface area contributed by atoms with Gasteiger partial charge in [-0.2, -0.15) is 0 Å². The third-order valence-corrected chi connectivity index (χ3v) is 14.9. The van der Waals surface area contributed by atoms with E-state index in [2.05, 4.69) is 89.2 Å². The predicted octanol–water partition coefficient (Wildman–Crippen LogP) is 5.43. The van der Waals surface area contributed by atoms with Crippen molar-refractivity contribution in [3.05, 3.63) is 59.7 Å². The molecule has 0 spiro atoms. The minimum Gasteiger partial charge on any atom is -0.444 e. The summed E-state index contributed by atoms with van der Waals surface area (Å²) in [6.45, 7) is 17.8. The third-order valence-electron chi connectivity index (χ3n) is 14.9. The molecule has 2 saturated heterocycles. The van der Waals surface area contributed by atoms with E-state index in [9.17, 15) is 33.6 Å². The molecule has 3 saturated carbocycles. The van der Waals surface area contributed by atoms with Gasteiger partial charge in [-0.15, -0.1) is 0 Å². The molecule has 2 aliphatic heterocycles. The summed E-state index contributed by atoms with van der Waals surface area (Å²) in [4.78, 5) is 94.8. The van der Waals surface area contributed by atoms with E-state index in [1.54, 1.807) is 32.9 Å². The number of nitrogens with one attached hydrogen (secondary N) is 7. The van der Waals surface area contributed by atoms with Crippen molar-refractivity contribution < 1.29 is 47.6 Å². The van der Waals surface area contributed by atoms with Gasteiger partial charge in [-0.3, -0.25) is 28.8 Å². The van der Waals surface area contributed by atoms with Crippen molar-refractivity contribution in [3.8, 4) is 11.1 Å². The van der Waals surface area contributed by atoms with Gasteiger partial charge in [0.05, 0.1) is 17.6 Å². The fourth-order valence-corrected chi connectivity index (χ4v) is 10.4. The van der Waals surface area contributed by atoms with E-state index < -0.39 is 84.1 Å². The Morgan fingerprint density at radius 2 is 1.58 bits per heavy atom. The standard InChI is InChI=1S/C53H78BN7O10/c1-10-11-15-34-18-20-35(21-19-34)36-22-24-37(25-23-36)46(64)60-39(16-12-13-28-56-50(68)69-51(4,5)6)49(67)61-41-26-27-44(62)55-29-14-17-40(59-45(63)32(2)57-47(41)65)48(66)58-33(3)54-70-43-31-38-30-42(52(38,7)8)53(43,9)71-54/h18-25,32-33,38-43H,10-17,26-31H2,1-9H3,(H,55,62)(H,56,68)(H,57,65)(H,58,66)(H,59,63)(H,60,64)(H,61,67)/t32-,33-,38-,39-,40-,41-,42-,43+,53-/m0/s1. The van der Waals surface area contributed by atoms with Crippen LogP contribution < -0.4 is 37.2 Å². The second-order valence-electron chi connectivity index (χ2n) is 21.8. The number of carbonyl (C=O) groups is 7. The maximum atomic E-state index is 14.2. The fourth-order valence-electron chi connectivity index (χ4n) is 10.4. The van der Waals surface area contributed by atoms with Gasteiger partial charge in [0.15, 0.2) is 0 Å². The normalized spacial score (nSPS) is 26.4. The summed E-state index contributed by atoms with van der Waals surface area (Å²) in [5, 5.41) is 19.5. The van der Waals surface area contributed by atoms with Crippen molar-refractivity contribution in [3.63, 3.8) is 0 Å². The molecule has 71 heavy (non-hydrogen) atoms. The molecule has 7 rings (SSSR count). The molecule has 7 N–H and O–H groups in total. The summed E-state index contributed by atoms with van der Waals surface area (Å²) in [6, 6.07) is 10.9. The topological polar surface area (TPSA) is 231 Å². The monoisotopic (exact) mass is 984 g/mol. The van der Waals surface area contributed by atoms with E-state index in [0.29, 0.717) is 36.7 Å². The Bertz CT molecular complexity index is 2220. The lowest BCUT2D eigenvalue weighted by atomic mass is 9.43. The molecule has 0 aromatic heterocycles. The molecule has 0 unspecified atom stereocenters. The highest BCUT2D eigenvalue weighted by molar-refractivity contribution is 6.47. The summed E-state index contributed by atoms with van der Waals surface area (Å²) < 4.78 is 18.3. The van der Waals surface area contributed by atoms with E-state index in [1.165, 1.54) is 12.5 Å². The van der Waals surface area contributed by atoms with Crippen LogP contribution in [0.2, 0.25) is 0 Å². The van der Waals surface area contributed by atoms with E-state index in [-0.39, 0.29) is 56.2 Å². The second-order valence-corrected chi connectivity index (χ2v) is 21.8. The van der Waals surface area contributed by atoms with Crippen molar-refractivity contribution in [2.24, 2.45) is 17.3 Å². The number of amides is 7. The van der Waals surface area contributed by atoms with Gasteiger partial charge in [-0.1, -0.05) is 63.6 Å². The van der Waals surface area contributed by atoms with Crippen molar-refractivity contribution >= 4 is 48.7 Å². The largest absolute Gasteiger partial charge is 0.481 e. The molecule has 17 nitrogen and oxygen atoms in total. The first-order valence-corrected chi connectivity index (χ1v) is 25.9. The summed E-state index contributed by atoms with van der Waals surface area (Å²) >= 11 is 0. The van der Waals surface area contributed by atoms with E-state index in [0.717, 1.165) is 43.2 Å². The van der Waals surface area contributed by atoms with Crippen LogP contribution in [0.25, 0.3) is 11.1 Å². The first-order chi connectivity index (χ1) is 33.6. The molecule has 388 valence electrons. The highest BCUT2D eigenvalue weighted by Gasteiger charge is 2.68. The van der Waals surface area contributed by atoms with Crippen LogP contribution in [-0.4, -0.2) is 109 Å². The molecule has 5 aliphatic rings. The molecular weight excluding hydrogens is 905 g/mol. The average Bonchev–Trinajstić information content (AvgIpc) is 3.69.